The molecule has 0 aliphatic carbocycles. The lowest BCUT2D eigenvalue weighted by atomic mass is 9.91. The van der Waals surface area contributed by atoms with Gasteiger partial charge in [-0.05, 0) is 37.0 Å². The molecule has 4 unspecified atom stereocenters. The second-order valence-corrected chi connectivity index (χ2v) is 10.8. The average Bonchev–Trinajstić information content (AvgIpc) is 3.59. The second-order valence-electron chi connectivity index (χ2n) is 10.8. The van der Waals surface area contributed by atoms with Crippen LogP contribution in [0.2, 0.25) is 0 Å². The highest BCUT2D eigenvalue weighted by Gasteiger charge is 2.44. The van der Waals surface area contributed by atoms with Gasteiger partial charge in [0.25, 0.3) is 0 Å². The number of β-amino-alcohol motifs (C(OH)–C–C–N with tert-alkyl or cyclic N) is 1. The predicted molar refractivity (Wildman–Crippen MR) is 146 cm³/mol. The zero-order chi connectivity index (χ0) is 30.3. The van der Waals surface area contributed by atoms with Gasteiger partial charge >= 0.3 is 0 Å². The first kappa shape index (κ1) is 31.7. The Morgan fingerprint density at radius 1 is 1.05 bits per heavy atom. The van der Waals surface area contributed by atoms with Crippen LogP contribution in [0.25, 0.3) is 0 Å². The Hall–Kier alpha value is -3.84. The number of ketones is 2. The molecule has 2 fully saturated rings. The van der Waals surface area contributed by atoms with Gasteiger partial charge in [-0.15, -0.1) is 0 Å². The number of amides is 4. The normalized spacial score (nSPS) is 21.8. The Morgan fingerprint density at radius 2 is 1.73 bits per heavy atom. The van der Waals surface area contributed by atoms with E-state index in [1.165, 1.54) is 28.9 Å². The van der Waals surface area contributed by atoms with Gasteiger partial charge in [0.05, 0.1) is 25.2 Å². The number of aliphatic hydroxyl groups excluding tert-OH is 1. The molecule has 0 aromatic heterocycles. The molecule has 7 N–H and O–H groups in total. The van der Waals surface area contributed by atoms with Gasteiger partial charge in [0, 0.05) is 44.2 Å². The third-order valence-corrected chi connectivity index (χ3v) is 7.68. The van der Waals surface area contributed by atoms with Crippen LogP contribution in [-0.4, -0.2) is 99.6 Å². The number of likely N-dealkylation sites (tertiary alicyclic amines) is 2. The number of hydrogen-bond donors (Lipinski definition) is 5. The van der Waals surface area contributed by atoms with Crippen LogP contribution >= 0.6 is 0 Å². The van der Waals surface area contributed by atoms with E-state index in [9.17, 15) is 39.0 Å². The molecule has 2 aliphatic heterocycles. The Bertz CT molecular complexity index is 1160. The second kappa shape index (κ2) is 14.2. The number of primary amides is 1. The summed E-state index contributed by atoms with van der Waals surface area (Å²) in [7, 11) is 0. The molecule has 0 saturated carbocycles. The summed E-state index contributed by atoms with van der Waals surface area (Å²) in [4.78, 5) is 78.4. The fourth-order valence-corrected chi connectivity index (χ4v) is 5.41. The first-order valence-electron chi connectivity index (χ1n) is 13.8. The largest absolute Gasteiger partial charge is 0.508 e. The van der Waals surface area contributed by atoms with E-state index in [2.05, 4.69) is 5.32 Å². The summed E-state index contributed by atoms with van der Waals surface area (Å²) in [5.41, 5.74) is 11.6. The van der Waals surface area contributed by atoms with Crippen LogP contribution in [-0.2, 0) is 35.2 Å². The van der Waals surface area contributed by atoms with E-state index >= 15 is 0 Å². The number of aliphatic hydroxyl groups is 1. The average molecular weight is 574 g/mol. The summed E-state index contributed by atoms with van der Waals surface area (Å²) >= 11 is 0. The van der Waals surface area contributed by atoms with E-state index in [-0.39, 0.29) is 62.6 Å². The molecule has 1 aromatic rings. The van der Waals surface area contributed by atoms with Crippen molar-refractivity contribution >= 4 is 35.2 Å². The fraction of sp³-hybridized carbons (Fsp3) is 0.571. The smallest absolute Gasteiger partial charge is 0.246 e. The number of Topliss-reactive ketones (excluding diaryl/α,β-unsaturated/α-hetero) is 2. The number of hydrogen-bond acceptors (Lipinski definition) is 9. The quantitative estimate of drug-likeness (QED) is 0.188. The van der Waals surface area contributed by atoms with Crippen LogP contribution in [0.15, 0.2) is 24.3 Å². The first-order valence-corrected chi connectivity index (χ1v) is 13.8. The molecule has 1 aromatic carbocycles. The maximum atomic E-state index is 13.6. The van der Waals surface area contributed by atoms with Crippen LogP contribution in [0.1, 0.15) is 44.6 Å². The van der Waals surface area contributed by atoms with Gasteiger partial charge in [-0.2, -0.15) is 0 Å². The molecule has 0 radical (unpaired) electrons. The molecule has 2 aliphatic rings. The third-order valence-electron chi connectivity index (χ3n) is 7.68. The van der Waals surface area contributed by atoms with E-state index in [4.69, 9.17) is 11.5 Å². The molecule has 41 heavy (non-hydrogen) atoms. The molecule has 4 amide bonds. The number of rotatable bonds is 13. The third kappa shape index (κ3) is 8.33. The van der Waals surface area contributed by atoms with Crippen LogP contribution in [0.3, 0.4) is 0 Å². The molecule has 13 nitrogen and oxygen atoms in total. The maximum absolute atomic E-state index is 13.6. The lowest BCUT2D eigenvalue weighted by Crippen LogP contribution is -2.53. The summed E-state index contributed by atoms with van der Waals surface area (Å²) in [5, 5.41) is 22.2. The van der Waals surface area contributed by atoms with Crippen LogP contribution in [0.5, 0.6) is 5.75 Å². The minimum Gasteiger partial charge on any atom is -0.508 e. The number of carbonyl (C=O) groups excluding carboxylic acids is 6. The highest BCUT2D eigenvalue weighted by Crippen LogP contribution is 2.27. The number of phenolic OH excluding ortho intramolecular Hbond substituents is 1. The van der Waals surface area contributed by atoms with E-state index in [0.29, 0.717) is 12.8 Å². The van der Waals surface area contributed by atoms with E-state index in [0.717, 1.165) is 5.56 Å². The molecule has 2 saturated heterocycles. The predicted octanol–water partition coefficient (Wildman–Crippen LogP) is -1.38. The highest BCUT2D eigenvalue weighted by molar-refractivity contribution is 5.96. The van der Waals surface area contributed by atoms with Gasteiger partial charge < -0.3 is 36.8 Å². The van der Waals surface area contributed by atoms with Crippen LogP contribution < -0.4 is 16.8 Å². The number of phenols is 1. The SMILES string of the molecule is CC(CC(=O)CN)C(=O)NCC(=O)N1C[C@@H](O)CC1C(=O)N1CCCC1C(=O)CC(Cc1ccc(O)cc1)C(N)=O. The van der Waals surface area contributed by atoms with Crippen molar-refractivity contribution < 1.29 is 39.0 Å². The van der Waals surface area contributed by atoms with Gasteiger partial charge in [-0.25, -0.2) is 0 Å². The van der Waals surface area contributed by atoms with Gasteiger partial charge in [0.2, 0.25) is 23.6 Å². The van der Waals surface area contributed by atoms with Crippen molar-refractivity contribution in [2.75, 3.05) is 26.2 Å². The maximum Gasteiger partial charge on any atom is 0.246 e. The van der Waals surface area contributed by atoms with Crippen molar-refractivity contribution in [1.29, 1.82) is 0 Å². The number of aromatic hydroxyl groups is 1. The molecule has 13 heteroatoms. The van der Waals surface area contributed by atoms with Crippen molar-refractivity contribution in [2.24, 2.45) is 23.3 Å². The zero-order valence-corrected chi connectivity index (χ0v) is 23.2. The van der Waals surface area contributed by atoms with Crippen molar-refractivity contribution in [2.45, 2.75) is 63.6 Å². The van der Waals surface area contributed by atoms with Gasteiger partial charge in [-0.1, -0.05) is 19.1 Å². The topological polar surface area (TPSA) is 213 Å². The summed E-state index contributed by atoms with van der Waals surface area (Å²) in [5.74, 6) is -4.24. The molecule has 5 atom stereocenters. The fourth-order valence-electron chi connectivity index (χ4n) is 5.41. The minimum absolute atomic E-state index is 0.0118. The van der Waals surface area contributed by atoms with Gasteiger partial charge in [0.1, 0.15) is 17.6 Å². The molecule has 224 valence electrons. The van der Waals surface area contributed by atoms with E-state index in [1.807, 2.05) is 0 Å². The molecular formula is C28H39N5O8. The number of benzene rings is 1. The minimum atomic E-state index is -1.01. The van der Waals surface area contributed by atoms with Crippen molar-refractivity contribution in [3.8, 4) is 5.75 Å². The molecule has 2 heterocycles. The van der Waals surface area contributed by atoms with E-state index < -0.39 is 60.2 Å². The van der Waals surface area contributed by atoms with Crippen LogP contribution in [0, 0.1) is 11.8 Å². The van der Waals surface area contributed by atoms with Gasteiger partial charge in [-0.3, -0.25) is 28.8 Å². The van der Waals surface area contributed by atoms with Crippen molar-refractivity contribution in [3.05, 3.63) is 29.8 Å². The Kier molecular flexibility index (Phi) is 11.0. The highest BCUT2D eigenvalue weighted by atomic mass is 16.3. The first-order chi connectivity index (χ1) is 19.4. The van der Waals surface area contributed by atoms with Crippen molar-refractivity contribution in [1.82, 2.24) is 15.1 Å². The summed E-state index contributed by atoms with van der Waals surface area (Å²) < 4.78 is 0. The summed E-state index contributed by atoms with van der Waals surface area (Å²) in [6.07, 6.45) is -0.0427. The number of nitrogens with one attached hydrogen (secondary N) is 1. The van der Waals surface area contributed by atoms with Crippen molar-refractivity contribution in [3.63, 3.8) is 0 Å². The Labute approximate surface area is 238 Å². The molecular weight excluding hydrogens is 534 g/mol. The summed E-state index contributed by atoms with van der Waals surface area (Å²) in [6, 6.07) is 4.43. The van der Waals surface area contributed by atoms with Gasteiger partial charge in [0.15, 0.2) is 5.78 Å². The van der Waals surface area contributed by atoms with Crippen LogP contribution in [0.4, 0.5) is 0 Å². The number of nitrogens with two attached hydrogens (primary N) is 2. The zero-order valence-electron chi connectivity index (χ0n) is 23.2. The summed E-state index contributed by atoms with van der Waals surface area (Å²) in [6.45, 7) is 1.11. The number of carbonyl (C=O) groups is 6. The lowest BCUT2D eigenvalue weighted by Gasteiger charge is -2.31. The van der Waals surface area contributed by atoms with E-state index in [1.54, 1.807) is 12.1 Å². The Morgan fingerprint density at radius 3 is 2.37 bits per heavy atom. The monoisotopic (exact) mass is 573 g/mol. The molecule has 0 bridgehead atoms. The lowest BCUT2D eigenvalue weighted by molar-refractivity contribution is -0.146. The standard InChI is InChI=1S/C28H39N5O8/c1-16(9-20(35)13-29)27(40)31-14-25(38)33-15-21(36)12-23(33)28(41)32-8-2-3-22(32)24(37)11-18(26(30)39)10-17-4-6-19(34)7-5-17/h4-7,16,18,21-23,34,36H,2-3,8-15,29H2,1H3,(H2,30,39)(H,31,40)/t16?,18?,21-,22?,23?/m0/s1. The Balaban J connectivity index is 1.63. The molecule has 0 spiro atoms. The molecule has 3 rings (SSSR count). The number of nitrogens with zero attached hydrogens (tertiary/aromatic N) is 2.